The molecule has 5 heteroatoms. The predicted molar refractivity (Wildman–Crippen MR) is 70.4 cm³/mol. The minimum absolute atomic E-state index is 0.340. The van der Waals surface area contributed by atoms with Gasteiger partial charge in [0.25, 0.3) is 5.91 Å². The van der Waals surface area contributed by atoms with E-state index in [4.69, 9.17) is 9.84 Å². The molecular weight excluding hydrogens is 246 g/mol. The molecule has 0 spiro atoms. The minimum Gasteiger partial charge on any atom is -0.495 e. The number of hydrogen-bond acceptors (Lipinski definition) is 3. The molecule has 0 radical (unpaired) electrons. The van der Waals surface area contributed by atoms with Crippen molar-refractivity contribution in [2.75, 3.05) is 18.6 Å². The Hall–Kier alpha value is -2.30. The van der Waals surface area contributed by atoms with E-state index in [1.54, 1.807) is 18.1 Å². The summed E-state index contributed by atoms with van der Waals surface area (Å²) in [5.74, 6) is -0.840. The van der Waals surface area contributed by atoms with Crippen molar-refractivity contribution in [2.45, 2.75) is 12.8 Å². The van der Waals surface area contributed by atoms with Gasteiger partial charge in [-0.2, -0.15) is 0 Å². The largest absolute Gasteiger partial charge is 0.495 e. The molecule has 19 heavy (non-hydrogen) atoms. The summed E-state index contributed by atoms with van der Waals surface area (Å²) in [6, 6.07) is 5.64. The first kappa shape index (κ1) is 13.1. The van der Waals surface area contributed by atoms with Gasteiger partial charge in [-0.15, -0.1) is 0 Å². The maximum absolute atomic E-state index is 12.1. The summed E-state index contributed by atoms with van der Waals surface area (Å²) in [4.78, 5) is 24.1. The van der Waals surface area contributed by atoms with Crippen LogP contribution in [-0.2, 0) is 16.0 Å². The van der Waals surface area contributed by atoms with Crippen molar-refractivity contribution in [3.8, 4) is 5.75 Å². The van der Waals surface area contributed by atoms with Gasteiger partial charge in [-0.1, -0.05) is 12.1 Å². The van der Waals surface area contributed by atoms with Crippen molar-refractivity contribution >= 4 is 17.6 Å². The molecule has 1 N–H and O–H groups in total. The van der Waals surface area contributed by atoms with Crippen LogP contribution in [0.2, 0.25) is 0 Å². The smallest absolute Gasteiger partial charge is 0.328 e. The summed E-state index contributed by atoms with van der Waals surface area (Å²) in [6.07, 6.45) is 3.67. The third-order valence-corrected chi connectivity index (χ3v) is 3.03. The van der Waals surface area contributed by atoms with Crippen molar-refractivity contribution in [1.82, 2.24) is 0 Å². The molecule has 0 bridgehead atoms. The Morgan fingerprint density at radius 2 is 2.16 bits per heavy atom. The Labute approximate surface area is 111 Å². The first-order valence-corrected chi connectivity index (χ1v) is 6.02. The Kier molecular flexibility index (Phi) is 3.85. The lowest BCUT2D eigenvalue weighted by atomic mass is 10.0. The molecule has 1 heterocycles. The van der Waals surface area contributed by atoms with Crippen LogP contribution in [0.4, 0.5) is 5.69 Å². The average molecular weight is 261 g/mol. The lowest BCUT2D eigenvalue weighted by Crippen LogP contribution is -2.34. The van der Waals surface area contributed by atoms with Crippen molar-refractivity contribution in [1.29, 1.82) is 0 Å². The van der Waals surface area contributed by atoms with Gasteiger partial charge >= 0.3 is 5.97 Å². The number of carboxylic acids is 1. The molecule has 1 amide bonds. The fraction of sp³-hybridized carbons (Fsp3) is 0.286. The number of rotatable bonds is 3. The molecule has 1 aromatic carbocycles. The van der Waals surface area contributed by atoms with Crippen LogP contribution in [-0.4, -0.2) is 30.6 Å². The molecular formula is C14H15NO4. The van der Waals surface area contributed by atoms with Gasteiger partial charge in [-0.3, -0.25) is 4.79 Å². The van der Waals surface area contributed by atoms with E-state index < -0.39 is 5.97 Å². The first-order valence-electron chi connectivity index (χ1n) is 6.02. The number of benzene rings is 1. The third-order valence-electron chi connectivity index (χ3n) is 3.03. The van der Waals surface area contributed by atoms with E-state index in [0.29, 0.717) is 12.3 Å². The maximum atomic E-state index is 12.1. The van der Waals surface area contributed by atoms with Crippen molar-refractivity contribution in [3.05, 3.63) is 35.9 Å². The second-order valence-corrected chi connectivity index (χ2v) is 4.23. The van der Waals surface area contributed by atoms with Crippen LogP contribution in [0, 0.1) is 0 Å². The van der Waals surface area contributed by atoms with E-state index in [9.17, 15) is 9.59 Å². The summed E-state index contributed by atoms with van der Waals surface area (Å²) < 4.78 is 5.28. The number of hydrogen-bond donors (Lipinski definition) is 1. The number of carbonyl (C=O) groups excluding carboxylic acids is 1. The van der Waals surface area contributed by atoms with Crippen LogP contribution in [0.1, 0.15) is 12.0 Å². The minimum atomic E-state index is -1.13. The zero-order valence-electron chi connectivity index (χ0n) is 10.6. The van der Waals surface area contributed by atoms with Crippen molar-refractivity contribution in [3.63, 3.8) is 0 Å². The molecule has 5 nitrogen and oxygen atoms in total. The van der Waals surface area contributed by atoms with Gasteiger partial charge in [0.15, 0.2) is 0 Å². The number of para-hydroxylation sites is 1. The highest BCUT2D eigenvalue weighted by atomic mass is 16.5. The molecule has 0 saturated carbocycles. The molecule has 0 saturated heterocycles. The number of nitrogens with zero attached hydrogens (tertiary/aromatic N) is 1. The summed E-state index contributed by atoms with van der Waals surface area (Å²) in [6.45, 7) is 0.566. The summed E-state index contributed by atoms with van der Waals surface area (Å²) in [7, 11) is 1.56. The van der Waals surface area contributed by atoms with Gasteiger partial charge in [0.05, 0.1) is 12.8 Å². The van der Waals surface area contributed by atoms with E-state index in [0.717, 1.165) is 36.2 Å². The standard InChI is InChI=1S/C14H15NO4/c1-19-11-6-2-4-10-5-3-9-15(14(10)11)12(16)7-8-13(17)18/h2,4,6-8H,3,5,9H2,1H3,(H,17,18)/b8-7+. The van der Waals surface area contributed by atoms with Crippen LogP contribution < -0.4 is 9.64 Å². The number of fused-ring (bicyclic) bond motifs is 1. The lowest BCUT2D eigenvalue weighted by Gasteiger charge is -2.30. The molecule has 0 unspecified atom stereocenters. The highest BCUT2D eigenvalue weighted by Gasteiger charge is 2.24. The predicted octanol–water partition coefficient (Wildman–Crippen LogP) is 1.62. The number of methoxy groups -OCH3 is 1. The van der Waals surface area contributed by atoms with E-state index in [2.05, 4.69) is 0 Å². The van der Waals surface area contributed by atoms with Crippen LogP contribution in [0.25, 0.3) is 0 Å². The van der Waals surface area contributed by atoms with Crippen molar-refractivity contribution < 1.29 is 19.4 Å². The lowest BCUT2D eigenvalue weighted by molar-refractivity contribution is -0.131. The summed E-state index contributed by atoms with van der Waals surface area (Å²) >= 11 is 0. The van der Waals surface area contributed by atoms with E-state index in [1.165, 1.54) is 0 Å². The normalized spacial score (nSPS) is 14.3. The Bertz CT molecular complexity index is 522. The van der Waals surface area contributed by atoms with E-state index in [1.807, 2.05) is 12.1 Å². The van der Waals surface area contributed by atoms with Crippen LogP contribution >= 0.6 is 0 Å². The Balaban J connectivity index is 2.36. The molecule has 1 aromatic rings. The number of aliphatic carboxylic acids is 1. The molecule has 1 aliphatic rings. The van der Waals surface area contributed by atoms with Gasteiger partial charge in [-0.25, -0.2) is 4.79 Å². The molecule has 100 valence electrons. The highest BCUT2D eigenvalue weighted by molar-refractivity contribution is 6.05. The topological polar surface area (TPSA) is 66.8 Å². The van der Waals surface area contributed by atoms with Gasteiger partial charge in [-0.05, 0) is 24.5 Å². The summed E-state index contributed by atoms with van der Waals surface area (Å²) in [5.41, 5.74) is 1.79. The van der Waals surface area contributed by atoms with Crippen LogP contribution in [0.15, 0.2) is 30.4 Å². The number of carbonyl (C=O) groups is 2. The molecule has 0 aromatic heterocycles. The fourth-order valence-electron chi connectivity index (χ4n) is 2.23. The Morgan fingerprint density at radius 1 is 1.37 bits per heavy atom. The average Bonchev–Trinajstić information content (AvgIpc) is 2.43. The SMILES string of the molecule is COc1cccc2c1N(C(=O)/C=C/C(=O)O)CCC2. The second-order valence-electron chi connectivity index (χ2n) is 4.23. The van der Waals surface area contributed by atoms with E-state index in [-0.39, 0.29) is 5.91 Å². The monoisotopic (exact) mass is 261 g/mol. The Morgan fingerprint density at radius 3 is 2.84 bits per heavy atom. The maximum Gasteiger partial charge on any atom is 0.328 e. The fourth-order valence-corrected chi connectivity index (χ4v) is 2.23. The highest BCUT2D eigenvalue weighted by Crippen LogP contribution is 2.36. The number of aryl methyl sites for hydroxylation is 1. The summed E-state index contributed by atoms with van der Waals surface area (Å²) in [5, 5.41) is 8.57. The first-order chi connectivity index (χ1) is 9.13. The zero-order chi connectivity index (χ0) is 13.8. The quantitative estimate of drug-likeness (QED) is 0.839. The molecule has 2 rings (SSSR count). The van der Waals surface area contributed by atoms with Crippen LogP contribution in [0.5, 0.6) is 5.75 Å². The number of anilines is 1. The molecule has 0 aliphatic carbocycles. The van der Waals surface area contributed by atoms with Gasteiger partial charge < -0.3 is 14.7 Å². The third kappa shape index (κ3) is 2.76. The van der Waals surface area contributed by atoms with Gasteiger partial charge in [0, 0.05) is 18.7 Å². The molecule has 1 aliphatic heterocycles. The molecule has 0 fully saturated rings. The number of carboxylic acid groups (broad SMARTS) is 1. The zero-order valence-corrected chi connectivity index (χ0v) is 10.6. The number of amides is 1. The molecule has 0 atom stereocenters. The van der Waals surface area contributed by atoms with E-state index >= 15 is 0 Å². The van der Waals surface area contributed by atoms with Crippen molar-refractivity contribution in [2.24, 2.45) is 0 Å². The van der Waals surface area contributed by atoms with Crippen LogP contribution in [0.3, 0.4) is 0 Å². The van der Waals surface area contributed by atoms with Gasteiger partial charge in [0.2, 0.25) is 0 Å². The number of ether oxygens (including phenoxy) is 1. The van der Waals surface area contributed by atoms with Gasteiger partial charge in [0.1, 0.15) is 5.75 Å². The second kappa shape index (κ2) is 5.56.